The molecule has 156 valence electrons. The number of carbonyl (C=O) groups excluding carboxylic acids is 1. The van der Waals surface area contributed by atoms with E-state index >= 15 is 0 Å². The van der Waals surface area contributed by atoms with Gasteiger partial charge in [0.25, 0.3) is 15.9 Å². The molecule has 0 aromatic heterocycles. The Balaban J connectivity index is 2.15. The average Bonchev–Trinajstić information content (AvgIpc) is 2.79. The third kappa shape index (κ3) is 4.85. The molecule has 0 heterocycles. The fourth-order valence-electron chi connectivity index (χ4n) is 2.79. The number of carbonyl (C=O) groups is 1. The number of hydrogen-bond acceptors (Lipinski definition) is 4. The molecule has 0 fully saturated rings. The van der Waals surface area contributed by atoms with Gasteiger partial charge in [-0.15, -0.1) is 0 Å². The van der Waals surface area contributed by atoms with Crippen molar-refractivity contribution in [1.29, 1.82) is 0 Å². The first-order chi connectivity index (χ1) is 14.8. The number of sulfonamides is 1. The molecule has 0 radical (unpaired) electrons. The Morgan fingerprint density at radius 1 is 0.903 bits per heavy atom. The van der Waals surface area contributed by atoms with Gasteiger partial charge in [-0.05, 0) is 55.5 Å². The van der Waals surface area contributed by atoms with E-state index in [1.807, 2.05) is 30.3 Å². The van der Waals surface area contributed by atoms with Gasteiger partial charge in [-0.25, -0.2) is 8.42 Å². The fourth-order valence-corrected chi connectivity index (χ4v) is 4.28. The van der Waals surface area contributed by atoms with Crippen molar-refractivity contribution in [3.8, 4) is 17.6 Å². The lowest BCUT2D eigenvalue weighted by Crippen LogP contribution is -2.37. The molecular weight excluding hydrogens is 410 g/mol. The highest BCUT2D eigenvalue weighted by Crippen LogP contribution is 2.29. The van der Waals surface area contributed by atoms with E-state index in [9.17, 15) is 13.2 Å². The Kier molecular flexibility index (Phi) is 6.58. The van der Waals surface area contributed by atoms with Crippen LogP contribution in [0.1, 0.15) is 18.1 Å². The predicted octanol–water partition coefficient (Wildman–Crippen LogP) is 4.39. The quantitative estimate of drug-likeness (QED) is 0.444. The molecule has 1 amide bonds. The minimum atomic E-state index is -4.23. The van der Waals surface area contributed by atoms with Crippen LogP contribution in [-0.4, -0.2) is 21.4 Å². The summed E-state index contributed by atoms with van der Waals surface area (Å²) >= 11 is 0. The summed E-state index contributed by atoms with van der Waals surface area (Å²) in [7, 11) is -2.74. The third-order valence-corrected chi connectivity index (χ3v) is 6.10. The summed E-state index contributed by atoms with van der Waals surface area (Å²) in [6.45, 7) is 5.12. The van der Waals surface area contributed by atoms with Crippen LogP contribution in [0.2, 0.25) is 0 Å². The average molecular weight is 432 g/mol. The summed E-state index contributed by atoms with van der Waals surface area (Å²) in [6, 6.07) is 21.8. The van der Waals surface area contributed by atoms with Crippen molar-refractivity contribution < 1.29 is 17.9 Å². The lowest BCUT2D eigenvalue weighted by atomic mass is 10.1. The Morgan fingerprint density at radius 2 is 1.52 bits per heavy atom. The first kappa shape index (κ1) is 21.9. The second-order valence-corrected chi connectivity index (χ2v) is 8.45. The number of hydrogen-bond donors (Lipinski definition) is 0. The Hall–Kier alpha value is -3.82. The number of benzene rings is 3. The van der Waals surface area contributed by atoms with Crippen molar-refractivity contribution in [2.24, 2.45) is 0 Å². The zero-order valence-electron chi connectivity index (χ0n) is 17.2. The first-order valence-electron chi connectivity index (χ1n) is 9.40. The highest BCUT2D eigenvalue weighted by Gasteiger charge is 2.32. The lowest BCUT2D eigenvalue weighted by molar-refractivity contribution is -0.114. The Morgan fingerprint density at radius 3 is 2.13 bits per heavy atom. The summed E-state index contributed by atoms with van der Waals surface area (Å²) in [6.07, 6.45) is 0. The minimum absolute atomic E-state index is 0.0475. The molecule has 0 spiro atoms. The molecular formula is C25H21NO4S. The van der Waals surface area contributed by atoms with Gasteiger partial charge in [-0.1, -0.05) is 48.8 Å². The smallest absolute Gasteiger partial charge is 0.271 e. The lowest BCUT2D eigenvalue weighted by Gasteiger charge is -2.24. The number of rotatable bonds is 5. The summed E-state index contributed by atoms with van der Waals surface area (Å²) in [5.74, 6) is 5.77. The molecule has 3 rings (SSSR count). The van der Waals surface area contributed by atoms with Crippen LogP contribution in [0.15, 0.2) is 95.9 Å². The summed E-state index contributed by atoms with van der Waals surface area (Å²) in [4.78, 5) is 12.9. The van der Waals surface area contributed by atoms with Gasteiger partial charge in [0.15, 0.2) is 0 Å². The van der Waals surface area contributed by atoms with E-state index in [1.165, 1.54) is 38.3 Å². The Bertz CT molecular complexity index is 1270. The van der Waals surface area contributed by atoms with Gasteiger partial charge in [0.2, 0.25) is 0 Å². The molecule has 0 saturated carbocycles. The molecule has 6 heteroatoms. The number of methoxy groups -OCH3 is 1. The van der Waals surface area contributed by atoms with E-state index < -0.39 is 15.9 Å². The molecule has 0 bridgehead atoms. The largest absolute Gasteiger partial charge is 0.497 e. The number of amides is 1. The zero-order chi connectivity index (χ0) is 22.4. The summed E-state index contributed by atoms with van der Waals surface area (Å²) < 4.78 is 32.8. The van der Waals surface area contributed by atoms with Crippen molar-refractivity contribution in [2.75, 3.05) is 11.4 Å². The minimum Gasteiger partial charge on any atom is -0.497 e. The van der Waals surface area contributed by atoms with E-state index in [1.54, 1.807) is 24.3 Å². The molecule has 0 atom stereocenters. The number of ether oxygens (including phenoxy) is 1. The number of para-hydroxylation sites is 1. The van der Waals surface area contributed by atoms with Gasteiger partial charge in [0, 0.05) is 16.7 Å². The van der Waals surface area contributed by atoms with E-state index in [0.29, 0.717) is 11.3 Å². The van der Waals surface area contributed by atoms with Crippen LogP contribution in [0.25, 0.3) is 0 Å². The third-order valence-electron chi connectivity index (χ3n) is 4.39. The number of anilines is 1. The first-order valence-corrected chi connectivity index (χ1v) is 10.8. The topological polar surface area (TPSA) is 63.7 Å². The van der Waals surface area contributed by atoms with Crippen LogP contribution in [0, 0.1) is 11.8 Å². The van der Waals surface area contributed by atoms with Crippen LogP contribution >= 0.6 is 0 Å². The van der Waals surface area contributed by atoms with Gasteiger partial charge in [0.05, 0.1) is 17.7 Å². The van der Waals surface area contributed by atoms with Crippen molar-refractivity contribution in [1.82, 2.24) is 0 Å². The molecule has 0 aliphatic rings. The normalized spacial score (nSPS) is 10.5. The summed E-state index contributed by atoms with van der Waals surface area (Å²) in [5, 5.41) is 0. The highest BCUT2D eigenvalue weighted by molar-refractivity contribution is 7.93. The van der Waals surface area contributed by atoms with Crippen LogP contribution in [-0.2, 0) is 14.8 Å². The molecule has 31 heavy (non-hydrogen) atoms. The molecule has 0 aliphatic carbocycles. The second-order valence-electron chi connectivity index (χ2n) is 6.66. The molecule has 3 aromatic carbocycles. The van der Waals surface area contributed by atoms with Crippen molar-refractivity contribution in [3.05, 3.63) is 102 Å². The number of nitrogens with zero attached hydrogens (tertiary/aromatic N) is 1. The SMILES string of the molecule is C=C(C)C(=O)N(c1ccccc1C#Cc1ccccc1)S(=O)(=O)c1ccc(OC)cc1. The molecule has 0 saturated heterocycles. The van der Waals surface area contributed by atoms with E-state index in [4.69, 9.17) is 4.74 Å². The van der Waals surface area contributed by atoms with E-state index in [2.05, 4.69) is 18.4 Å². The van der Waals surface area contributed by atoms with E-state index in [0.717, 1.165) is 9.87 Å². The predicted molar refractivity (Wildman–Crippen MR) is 121 cm³/mol. The standard InChI is InChI=1S/C25H21NO4S/c1-19(2)25(27)26(31(28,29)23-17-15-22(30-3)16-18-23)24-12-8-7-11-21(24)14-13-20-9-5-4-6-10-20/h4-12,15-18H,1H2,2-3H3. The van der Waals surface area contributed by atoms with Crippen LogP contribution in [0.3, 0.4) is 0 Å². The summed E-state index contributed by atoms with van der Waals surface area (Å²) in [5.41, 5.74) is 1.42. The van der Waals surface area contributed by atoms with Crippen molar-refractivity contribution in [2.45, 2.75) is 11.8 Å². The van der Waals surface area contributed by atoms with Gasteiger partial charge >= 0.3 is 0 Å². The molecule has 0 N–H and O–H groups in total. The van der Waals surface area contributed by atoms with Gasteiger partial charge in [0.1, 0.15) is 5.75 Å². The molecule has 0 unspecified atom stereocenters. The zero-order valence-corrected chi connectivity index (χ0v) is 18.0. The maximum atomic E-state index is 13.5. The van der Waals surface area contributed by atoms with Gasteiger partial charge < -0.3 is 4.74 Å². The Labute approximate surface area is 182 Å². The monoisotopic (exact) mass is 431 g/mol. The van der Waals surface area contributed by atoms with Gasteiger partial charge in [-0.2, -0.15) is 4.31 Å². The second kappa shape index (κ2) is 9.33. The molecule has 5 nitrogen and oxygen atoms in total. The molecule has 0 aliphatic heterocycles. The van der Waals surface area contributed by atoms with Crippen LogP contribution < -0.4 is 9.04 Å². The van der Waals surface area contributed by atoms with Crippen LogP contribution in [0.4, 0.5) is 5.69 Å². The van der Waals surface area contributed by atoms with Crippen molar-refractivity contribution in [3.63, 3.8) is 0 Å². The van der Waals surface area contributed by atoms with Crippen LogP contribution in [0.5, 0.6) is 5.75 Å². The maximum absolute atomic E-state index is 13.5. The van der Waals surface area contributed by atoms with Crippen molar-refractivity contribution >= 4 is 21.6 Å². The molecule has 3 aromatic rings. The maximum Gasteiger partial charge on any atom is 0.271 e. The highest BCUT2D eigenvalue weighted by atomic mass is 32.2. The fraction of sp³-hybridized carbons (Fsp3) is 0.0800. The van der Waals surface area contributed by atoms with Gasteiger partial charge in [-0.3, -0.25) is 4.79 Å². The van der Waals surface area contributed by atoms with E-state index in [-0.39, 0.29) is 16.2 Å².